The van der Waals surface area contributed by atoms with Gasteiger partial charge in [-0.3, -0.25) is 0 Å². The fraction of sp³-hybridized carbons (Fsp3) is 0.778. The number of hydrogen-bond acceptors (Lipinski definition) is 3. The number of H-pyrrole nitrogens is 1. The first kappa shape index (κ1) is 8.69. The van der Waals surface area contributed by atoms with Crippen LogP contribution in [0.3, 0.4) is 0 Å². The molecular weight excluding hydrogens is 164 g/mol. The maximum absolute atomic E-state index is 5.83. The lowest BCUT2D eigenvalue weighted by atomic mass is 9.86. The minimum Gasteiger partial charge on any atom is -0.329 e. The maximum atomic E-state index is 5.83. The van der Waals surface area contributed by atoms with Crippen molar-refractivity contribution in [1.82, 2.24) is 15.2 Å². The molecule has 0 amide bonds. The highest BCUT2D eigenvalue weighted by Gasteiger charge is 2.22. The Kier molecular flexibility index (Phi) is 2.31. The smallest absolute Gasteiger partial charge is 0.133 e. The number of aromatic amines is 1. The van der Waals surface area contributed by atoms with Crippen LogP contribution < -0.4 is 5.73 Å². The van der Waals surface area contributed by atoms with Crippen LogP contribution in [0.25, 0.3) is 0 Å². The average molecular weight is 180 g/mol. The minimum atomic E-state index is 0.403. The highest BCUT2D eigenvalue weighted by Crippen LogP contribution is 2.29. The number of aromatic nitrogens is 3. The summed E-state index contributed by atoms with van der Waals surface area (Å²) in [6, 6.07) is 0.403. The van der Waals surface area contributed by atoms with E-state index in [9.17, 15) is 0 Å². The van der Waals surface area contributed by atoms with Crippen molar-refractivity contribution >= 4 is 0 Å². The third-order valence-electron chi connectivity index (χ3n) is 2.78. The first-order valence-corrected chi connectivity index (χ1v) is 4.90. The van der Waals surface area contributed by atoms with E-state index < -0.39 is 0 Å². The molecule has 4 nitrogen and oxygen atoms in total. The minimum absolute atomic E-state index is 0.403. The number of hydrogen-bond donors (Lipinski definition) is 2. The molecule has 0 bridgehead atoms. The molecule has 1 aliphatic carbocycles. The molecule has 0 spiro atoms. The Labute approximate surface area is 77.9 Å². The lowest BCUT2D eigenvalue weighted by Crippen LogP contribution is -2.26. The van der Waals surface area contributed by atoms with Crippen LogP contribution in [0.15, 0.2) is 0 Å². The quantitative estimate of drug-likeness (QED) is 0.680. The van der Waals surface area contributed by atoms with Crippen molar-refractivity contribution in [3.05, 3.63) is 11.6 Å². The van der Waals surface area contributed by atoms with Gasteiger partial charge in [0.15, 0.2) is 0 Å². The van der Waals surface area contributed by atoms with Crippen molar-refractivity contribution in [2.24, 2.45) is 5.73 Å². The zero-order chi connectivity index (χ0) is 9.26. The van der Waals surface area contributed by atoms with E-state index in [0.717, 1.165) is 37.3 Å². The van der Waals surface area contributed by atoms with Crippen molar-refractivity contribution in [3.63, 3.8) is 0 Å². The van der Waals surface area contributed by atoms with Crippen molar-refractivity contribution in [2.75, 3.05) is 0 Å². The van der Waals surface area contributed by atoms with Gasteiger partial charge in [-0.15, -0.1) is 10.2 Å². The Morgan fingerprint density at radius 3 is 2.46 bits per heavy atom. The van der Waals surface area contributed by atoms with Gasteiger partial charge >= 0.3 is 0 Å². The van der Waals surface area contributed by atoms with Crippen molar-refractivity contribution in [3.8, 4) is 0 Å². The van der Waals surface area contributed by atoms with E-state index in [1.807, 2.05) is 6.92 Å². The number of nitrogens with zero attached hydrogens (tertiary/aromatic N) is 2. The van der Waals surface area contributed by atoms with Gasteiger partial charge in [0, 0.05) is 12.0 Å². The van der Waals surface area contributed by atoms with Crippen LogP contribution in [0, 0.1) is 6.92 Å². The molecule has 1 aliphatic rings. The van der Waals surface area contributed by atoms with Gasteiger partial charge in [0.05, 0.1) is 0 Å². The largest absolute Gasteiger partial charge is 0.329 e. The van der Waals surface area contributed by atoms with Crippen molar-refractivity contribution in [2.45, 2.75) is 44.6 Å². The standard InChI is InChI=1S/C9H16N4/c1-6-11-9(13-12-6)7-2-4-8(10)5-3-7/h7-8H,2-5,10H2,1H3,(H,11,12,13)/t7-,8-. The Balaban J connectivity index is 2.02. The maximum Gasteiger partial charge on any atom is 0.133 e. The van der Waals surface area contributed by atoms with Crippen LogP contribution >= 0.6 is 0 Å². The molecule has 13 heavy (non-hydrogen) atoms. The number of aryl methyl sites for hydroxylation is 1. The van der Waals surface area contributed by atoms with Gasteiger partial charge in [-0.2, -0.15) is 0 Å². The van der Waals surface area contributed by atoms with E-state index >= 15 is 0 Å². The SMILES string of the molecule is Cc1nnc([C@H]2CC[C@H](N)CC2)[nH]1. The summed E-state index contributed by atoms with van der Waals surface area (Å²) in [6.45, 7) is 1.94. The summed E-state index contributed by atoms with van der Waals surface area (Å²) in [5.74, 6) is 2.51. The summed E-state index contributed by atoms with van der Waals surface area (Å²) in [4.78, 5) is 3.20. The zero-order valence-electron chi connectivity index (χ0n) is 7.95. The van der Waals surface area contributed by atoms with Gasteiger partial charge in [-0.1, -0.05) is 0 Å². The molecule has 1 heterocycles. The lowest BCUT2D eigenvalue weighted by Gasteiger charge is -2.23. The molecule has 2 rings (SSSR count). The van der Waals surface area contributed by atoms with E-state index in [1.165, 1.54) is 0 Å². The average Bonchev–Trinajstić information content (AvgIpc) is 2.53. The number of nitrogens with one attached hydrogen (secondary N) is 1. The molecule has 0 atom stereocenters. The summed E-state index contributed by atoms with van der Waals surface area (Å²) in [7, 11) is 0. The number of rotatable bonds is 1. The molecule has 3 N–H and O–H groups in total. The summed E-state index contributed by atoms with van der Waals surface area (Å²) in [5, 5.41) is 8.09. The molecular formula is C9H16N4. The molecule has 72 valence electrons. The molecule has 0 aromatic carbocycles. The Hall–Kier alpha value is -0.900. The molecule has 1 aromatic rings. The normalized spacial score (nSPS) is 29.1. The van der Waals surface area contributed by atoms with Crippen LogP contribution in [0.5, 0.6) is 0 Å². The summed E-state index contributed by atoms with van der Waals surface area (Å²) < 4.78 is 0. The van der Waals surface area contributed by atoms with Gasteiger partial charge in [-0.25, -0.2) is 0 Å². The van der Waals surface area contributed by atoms with Gasteiger partial charge in [-0.05, 0) is 32.6 Å². The summed E-state index contributed by atoms with van der Waals surface area (Å²) in [6.07, 6.45) is 4.53. The molecule has 0 saturated heterocycles. The van der Waals surface area contributed by atoms with Crippen LogP contribution in [0.4, 0.5) is 0 Å². The third kappa shape index (κ3) is 1.88. The summed E-state index contributed by atoms with van der Waals surface area (Å²) >= 11 is 0. The number of nitrogens with two attached hydrogens (primary N) is 1. The van der Waals surface area contributed by atoms with E-state index in [1.54, 1.807) is 0 Å². The fourth-order valence-corrected chi connectivity index (χ4v) is 1.94. The highest BCUT2D eigenvalue weighted by atomic mass is 15.2. The van der Waals surface area contributed by atoms with Gasteiger partial charge < -0.3 is 10.7 Å². The lowest BCUT2D eigenvalue weighted by molar-refractivity contribution is 0.385. The second-order valence-electron chi connectivity index (χ2n) is 3.91. The highest BCUT2D eigenvalue weighted by molar-refractivity contribution is 4.99. The van der Waals surface area contributed by atoms with Crippen molar-refractivity contribution < 1.29 is 0 Å². The van der Waals surface area contributed by atoms with Crippen LogP contribution in [0.1, 0.15) is 43.3 Å². The topological polar surface area (TPSA) is 67.6 Å². The van der Waals surface area contributed by atoms with Gasteiger partial charge in [0.25, 0.3) is 0 Å². The molecule has 0 aliphatic heterocycles. The molecule has 4 heteroatoms. The first-order valence-electron chi connectivity index (χ1n) is 4.90. The van der Waals surface area contributed by atoms with Crippen LogP contribution in [-0.4, -0.2) is 21.2 Å². The molecule has 1 saturated carbocycles. The Morgan fingerprint density at radius 1 is 1.23 bits per heavy atom. The van der Waals surface area contributed by atoms with E-state index in [0.29, 0.717) is 12.0 Å². The zero-order valence-corrected chi connectivity index (χ0v) is 7.95. The molecule has 0 unspecified atom stereocenters. The Morgan fingerprint density at radius 2 is 1.92 bits per heavy atom. The molecule has 1 fully saturated rings. The predicted octanol–water partition coefficient (Wildman–Crippen LogP) is 1.10. The second-order valence-corrected chi connectivity index (χ2v) is 3.91. The van der Waals surface area contributed by atoms with Gasteiger partial charge in [0.1, 0.15) is 11.6 Å². The Bertz CT molecular complexity index is 273. The van der Waals surface area contributed by atoms with E-state index in [-0.39, 0.29) is 0 Å². The molecule has 1 aromatic heterocycles. The van der Waals surface area contributed by atoms with Crippen molar-refractivity contribution in [1.29, 1.82) is 0 Å². The fourth-order valence-electron chi connectivity index (χ4n) is 1.94. The summed E-state index contributed by atoms with van der Waals surface area (Å²) in [5.41, 5.74) is 5.83. The van der Waals surface area contributed by atoms with Crippen LogP contribution in [0.2, 0.25) is 0 Å². The first-order chi connectivity index (χ1) is 6.25. The monoisotopic (exact) mass is 180 g/mol. The van der Waals surface area contributed by atoms with Crippen LogP contribution in [-0.2, 0) is 0 Å². The molecule has 0 radical (unpaired) electrons. The van der Waals surface area contributed by atoms with Gasteiger partial charge in [0.2, 0.25) is 0 Å². The third-order valence-corrected chi connectivity index (χ3v) is 2.78. The van der Waals surface area contributed by atoms with E-state index in [2.05, 4.69) is 15.2 Å². The van der Waals surface area contributed by atoms with E-state index in [4.69, 9.17) is 5.73 Å². The predicted molar refractivity (Wildman–Crippen MR) is 50.3 cm³/mol. The second kappa shape index (κ2) is 3.46.